The molecule has 0 amide bonds. The summed E-state index contributed by atoms with van der Waals surface area (Å²) in [7, 11) is 0. The third kappa shape index (κ3) is 20.8. The summed E-state index contributed by atoms with van der Waals surface area (Å²) in [6.45, 7) is 36.4. The maximum atomic E-state index is 5.14. The Balaban J connectivity index is 0.000000144. The zero-order valence-corrected chi connectivity index (χ0v) is 87.2. The van der Waals surface area contributed by atoms with Crippen LogP contribution in [0, 0.1) is 0 Å². The van der Waals surface area contributed by atoms with Crippen molar-refractivity contribution in [3.8, 4) is 0 Å². The molecule has 0 spiro atoms. The average molecular weight is 1980 g/mol. The van der Waals surface area contributed by atoms with E-state index < -0.39 is 0 Å². The van der Waals surface area contributed by atoms with E-state index in [1.54, 1.807) is 69.3 Å². The molecule has 0 fully saturated rings. The van der Waals surface area contributed by atoms with Crippen molar-refractivity contribution in [3.63, 3.8) is 0 Å². The Morgan fingerprint density at radius 3 is 0.390 bits per heavy atom. The molecule has 0 radical (unpaired) electrons. The van der Waals surface area contributed by atoms with E-state index in [2.05, 4.69) is 179 Å². The summed E-state index contributed by atoms with van der Waals surface area (Å²) in [5.41, 5.74) is 39.4. The molecular formula is C120H140N14Ru2+4. The van der Waals surface area contributed by atoms with Crippen molar-refractivity contribution < 1.29 is 39.0 Å². The number of benzene rings is 6. The van der Waals surface area contributed by atoms with E-state index in [0.717, 1.165) is 264 Å². The van der Waals surface area contributed by atoms with E-state index in [-0.39, 0.29) is 39.0 Å². The molecule has 0 aliphatic heterocycles. The van der Waals surface area contributed by atoms with Gasteiger partial charge >= 0.3 is 39.0 Å². The van der Waals surface area contributed by atoms with Crippen LogP contribution in [0.1, 0.15) is 303 Å². The predicted molar refractivity (Wildman–Crippen MR) is 570 cm³/mol. The normalized spacial score (nSPS) is 11.5. The van der Waals surface area contributed by atoms with Gasteiger partial charge in [0.05, 0.1) is 88.3 Å². The molecule has 19 aromatic rings. The Kier molecular flexibility index (Phi) is 37.2. The summed E-state index contributed by atoms with van der Waals surface area (Å²) in [6.07, 6.45) is 59.6. The van der Waals surface area contributed by atoms with Gasteiger partial charge in [-0.25, -0.2) is 9.97 Å². The number of pyridine rings is 12. The quantitative estimate of drug-likeness (QED) is 0.0221. The van der Waals surface area contributed by atoms with Gasteiger partial charge in [0.2, 0.25) is 0 Å². The van der Waals surface area contributed by atoms with Crippen molar-refractivity contribution in [2.45, 2.75) is 316 Å². The summed E-state index contributed by atoms with van der Waals surface area (Å²) in [6, 6.07) is 33.6. The minimum absolute atomic E-state index is 0. The number of fused-ring (bicyclic) bond motifs is 24. The molecule has 0 aliphatic carbocycles. The summed E-state index contributed by atoms with van der Waals surface area (Å²) in [5.74, 6) is 0. The van der Waals surface area contributed by atoms with Gasteiger partial charge in [-0.15, -0.1) is 0 Å². The van der Waals surface area contributed by atoms with Crippen LogP contribution in [0.5, 0.6) is 0 Å². The Morgan fingerprint density at radius 2 is 0.265 bits per heavy atom. The van der Waals surface area contributed by atoms with Gasteiger partial charge in [0.1, 0.15) is 0 Å². The second kappa shape index (κ2) is 49.4. The van der Waals surface area contributed by atoms with Gasteiger partial charge in [0.25, 0.3) is 0 Å². The second-order valence-corrected chi connectivity index (χ2v) is 36.6. The standard InChI is InChI=1S/C24H12N6.4C24H32N2.2Ru/c1-5-13-17(25-9-1)18-14(6-2-10-26-18)22-21(13)29-23-15-7-3-11-27-19(15)20-16(24(23)30-22)8-4-12-28-20;4*1-5-9-17-13-15-25-23-21(17)19(11-7-3)20(12-8-4)22-18(10-6-2)14-16-26-24(22)23;;/h1-12H;4*13-16H,5-12H2,1-4H3;;/q;;;;;2*+2. The van der Waals surface area contributed by atoms with Crippen LogP contribution in [-0.2, 0) is 142 Å². The fraction of sp³-hybridized carbons (Fsp3) is 0.400. The molecule has 0 atom stereocenters. The van der Waals surface area contributed by atoms with Crippen LogP contribution in [0.4, 0.5) is 0 Å². The van der Waals surface area contributed by atoms with Crippen LogP contribution in [0.3, 0.4) is 0 Å². The summed E-state index contributed by atoms with van der Waals surface area (Å²) in [4.78, 5) is 67.4. The first-order valence-corrected chi connectivity index (χ1v) is 51.4. The first-order valence-electron chi connectivity index (χ1n) is 51.4. The van der Waals surface area contributed by atoms with Crippen molar-refractivity contribution in [2.75, 3.05) is 0 Å². The number of hydrogen-bond donors (Lipinski definition) is 0. The molecule has 0 saturated carbocycles. The first-order chi connectivity index (χ1) is 65.9. The summed E-state index contributed by atoms with van der Waals surface area (Å²) < 4.78 is 0. The molecule has 136 heavy (non-hydrogen) atoms. The molecular weight excluding hydrogens is 1840 g/mol. The molecule has 6 aromatic carbocycles. The van der Waals surface area contributed by atoms with E-state index in [4.69, 9.17) is 49.8 Å². The third-order valence-electron chi connectivity index (χ3n) is 26.8. The Labute approximate surface area is 832 Å². The smallest absolute Gasteiger partial charge is 0.254 e. The van der Waals surface area contributed by atoms with Gasteiger partial charge < -0.3 is 0 Å². The Hall–Kier alpha value is -10.9. The first kappa shape index (κ1) is 102. The number of nitrogens with zero attached hydrogens (tertiary/aromatic N) is 14. The topological polar surface area (TPSA) is 180 Å². The Morgan fingerprint density at radius 1 is 0.140 bits per heavy atom. The van der Waals surface area contributed by atoms with Crippen molar-refractivity contribution >= 4 is 153 Å². The van der Waals surface area contributed by atoms with Crippen LogP contribution in [0.25, 0.3) is 153 Å². The fourth-order valence-corrected chi connectivity index (χ4v) is 21.7. The summed E-state index contributed by atoms with van der Waals surface area (Å²) >= 11 is 0. The number of hydrogen-bond acceptors (Lipinski definition) is 14. The number of aromatic nitrogens is 14. The van der Waals surface area contributed by atoms with E-state index in [1.807, 2.05) is 98.1 Å². The second-order valence-electron chi connectivity index (χ2n) is 36.6. The van der Waals surface area contributed by atoms with Gasteiger partial charge in [0.15, 0.2) is 0 Å². The molecule has 0 N–H and O–H groups in total. The van der Waals surface area contributed by atoms with Gasteiger partial charge in [-0.05, 0) is 289 Å². The molecule has 19 rings (SSSR count). The van der Waals surface area contributed by atoms with Gasteiger partial charge in [-0.1, -0.05) is 214 Å². The van der Waals surface area contributed by atoms with E-state index in [0.29, 0.717) is 0 Å². The number of aryl methyl sites for hydroxylation is 16. The van der Waals surface area contributed by atoms with Crippen LogP contribution >= 0.6 is 0 Å². The van der Waals surface area contributed by atoms with Crippen LogP contribution in [-0.4, -0.2) is 69.8 Å². The molecule has 0 unspecified atom stereocenters. The van der Waals surface area contributed by atoms with Crippen molar-refractivity contribution in [1.29, 1.82) is 0 Å². The minimum atomic E-state index is 0. The van der Waals surface area contributed by atoms with Gasteiger partial charge in [-0.2, -0.15) is 0 Å². The van der Waals surface area contributed by atoms with Crippen molar-refractivity contribution in [1.82, 2.24) is 69.8 Å². The van der Waals surface area contributed by atoms with Crippen LogP contribution < -0.4 is 0 Å². The largest absolute Gasteiger partial charge is 2.00 e. The molecule has 16 heteroatoms. The average Bonchev–Trinajstić information content (AvgIpc) is 0.721. The molecule has 13 aromatic heterocycles. The monoisotopic (exact) mass is 1980 g/mol. The SMILES string of the molecule is CCCc1ccnc2c1c(CCC)c(CCC)c1c(CCC)ccnc12.CCCc1ccnc2c1c(CCC)c(CCC)c1c(CCC)ccnc12.CCCc1ccnc2c1c(CCC)c(CCC)c1c(CCC)ccnc12.CCCc1ccnc2c1c(CCC)c(CCC)c1c(CCC)ccnc12.[Ru+2].[Ru+2].c1cnc2c(c1)c1nc3c4cccnc4c4ncccc4c3nc1c1cccnc12. The van der Waals surface area contributed by atoms with Crippen LogP contribution in [0.2, 0.25) is 0 Å². The molecule has 13 heterocycles. The summed E-state index contributed by atoms with van der Waals surface area (Å²) in [5, 5.41) is 14.9. The minimum Gasteiger partial charge on any atom is -0.254 e. The van der Waals surface area contributed by atoms with Crippen LogP contribution in [0.15, 0.2) is 171 Å². The zero-order chi connectivity index (χ0) is 93.7. The van der Waals surface area contributed by atoms with Crippen molar-refractivity contribution in [3.05, 3.63) is 260 Å². The molecule has 702 valence electrons. The van der Waals surface area contributed by atoms with E-state index >= 15 is 0 Å². The molecule has 0 bridgehead atoms. The molecule has 0 aliphatic rings. The maximum absolute atomic E-state index is 5.14. The zero-order valence-electron chi connectivity index (χ0n) is 83.8. The molecule has 0 saturated heterocycles. The van der Waals surface area contributed by atoms with Gasteiger partial charge in [-0.3, -0.25) is 59.8 Å². The van der Waals surface area contributed by atoms with E-state index in [9.17, 15) is 0 Å². The Bertz CT molecular complexity index is 6230. The number of rotatable bonds is 32. The third-order valence-corrected chi connectivity index (χ3v) is 26.8. The maximum Gasteiger partial charge on any atom is 2.00 e. The predicted octanol–water partition coefficient (Wildman–Crippen LogP) is 31.3. The van der Waals surface area contributed by atoms with Crippen molar-refractivity contribution in [2.24, 2.45) is 0 Å². The van der Waals surface area contributed by atoms with Gasteiger partial charge in [0, 0.05) is 139 Å². The fourth-order valence-electron chi connectivity index (χ4n) is 21.7. The molecule has 14 nitrogen and oxygen atoms in total. The van der Waals surface area contributed by atoms with E-state index in [1.165, 1.54) is 139 Å².